The second-order valence-corrected chi connectivity index (χ2v) is 3.85. The maximum atomic E-state index is 11.4. The van der Waals surface area contributed by atoms with Crippen LogP contribution in [0.25, 0.3) is 0 Å². The van der Waals surface area contributed by atoms with Crippen LogP contribution >= 0.6 is 0 Å². The number of benzene rings is 1. The quantitative estimate of drug-likeness (QED) is 0.636. The van der Waals surface area contributed by atoms with E-state index in [0.717, 1.165) is 16.9 Å². The average Bonchev–Trinajstić information content (AvgIpc) is 2.29. The zero-order chi connectivity index (χ0) is 12.8. The number of rotatable bonds is 5. The molecule has 5 heteroatoms. The standard InChI is InChI=1S/C12H19N3O2/c1-8-6-9(4-5-11(8)17-3)7-10(13)12(16)15-14-2/h4-6,10,14H,7,13H2,1-3H3,(H,15,16). The van der Waals surface area contributed by atoms with Crippen molar-refractivity contribution in [1.29, 1.82) is 0 Å². The number of hydrogen-bond donors (Lipinski definition) is 3. The summed E-state index contributed by atoms with van der Waals surface area (Å²) < 4.78 is 5.17. The summed E-state index contributed by atoms with van der Waals surface area (Å²) in [7, 11) is 3.26. The first-order chi connectivity index (χ1) is 8.08. The minimum absolute atomic E-state index is 0.221. The van der Waals surface area contributed by atoms with Crippen molar-refractivity contribution in [3.8, 4) is 5.75 Å². The summed E-state index contributed by atoms with van der Waals surface area (Å²) in [6, 6.07) is 5.21. The molecular weight excluding hydrogens is 218 g/mol. The maximum absolute atomic E-state index is 11.4. The first-order valence-electron chi connectivity index (χ1n) is 5.44. The zero-order valence-electron chi connectivity index (χ0n) is 10.4. The van der Waals surface area contributed by atoms with Gasteiger partial charge in [0.1, 0.15) is 5.75 Å². The third kappa shape index (κ3) is 3.72. The molecule has 5 nitrogen and oxygen atoms in total. The fourth-order valence-corrected chi connectivity index (χ4v) is 1.63. The van der Waals surface area contributed by atoms with Gasteiger partial charge >= 0.3 is 0 Å². The second kappa shape index (κ2) is 6.22. The highest BCUT2D eigenvalue weighted by Crippen LogP contribution is 2.19. The van der Waals surface area contributed by atoms with E-state index in [0.29, 0.717) is 6.42 Å². The van der Waals surface area contributed by atoms with E-state index in [4.69, 9.17) is 10.5 Å². The Labute approximate surface area is 101 Å². The Morgan fingerprint density at radius 3 is 2.76 bits per heavy atom. The van der Waals surface area contributed by atoms with Crippen molar-refractivity contribution >= 4 is 5.91 Å². The molecule has 1 atom stereocenters. The van der Waals surface area contributed by atoms with Gasteiger partial charge in [0.2, 0.25) is 0 Å². The highest BCUT2D eigenvalue weighted by Gasteiger charge is 2.13. The summed E-state index contributed by atoms with van der Waals surface area (Å²) in [6.45, 7) is 1.96. The average molecular weight is 237 g/mol. The third-order valence-corrected chi connectivity index (χ3v) is 2.50. The SMILES string of the molecule is CNNC(=O)C(N)Cc1ccc(OC)c(C)c1. The van der Waals surface area contributed by atoms with Gasteiger partial charge in [-0.2, -0.15) is 0 Å². The number of nitrogens with one attached hydrogen (secondary N) is 2. The second-order valence-electron chi connectivity index (χ2n) is 3.85. The van der Waals surface area contributed by atoms with E-state index >= 15 is 0 Å². The van der Waals surface area contributed by atoms with Gasteiger partial charge in [0, 0.05) is 7.05 Å². The number of hydrogen-bond acceptors (Lipinski definition) is 4. The molecule has 0 radical (unpaired) electrons. The number of aryl methyl sites for hydroxylation is 1. The molecule has 0 aliphatic rings. The summed E-state index contributed by atoms with van der Waals surface area (Å²) >= 11 is 0. The summed E-state index contributed by atoms with van der Waals surface area (Å²) in [5, 5.41) is 0. The van der Waals surface area contributed by atoms with Crippen molar-refractivity contribution in [3.63, 3.8) is 0 Å². The first kappa shape index (κ1) is 13.5. The van der Waals surface area contributed by atoms with E-state index in [2.05, 4.69) is 10.9 Å². The van der Waals surface area contributed by atoms with Crippen molar-refractivity contribution in [2.24, 2.45) is 5.73 Å². The Balaban J connectivity index is 2.68. The van der Waals surface area contributed by atoms with Gasteiger partial charge < -0.3 is 10.5 Å². The lowest BCUT2D eigenvalue weighted by Crippen LogP contribution is -2.46. The van der Waals surface area contributed by atoms with Crippen molar-refractivity contribution in [3.05, 3.63) is 29.3 Å². The van der Waals surface area contributed by atoms with Crippen LogP contribution in [-0.4, -0.2) is 26.1 Å². The van der Waals surface area contributed by atoms with Crippen LogP contribution in [0.1, 0.15) is 11.1 Å². The van der Waals surface area contributed by atoms with Crippen LogP contribution in [0, 0.1) is 6.92 Å². The Bertz CT molecular complexity index is 393. The number of methoxy groups -OCH3 is 1. The molecule has 1 unspecified atom stereocenters. The van der Waals surface area contributed by atoms with Crippen molar-refractivity contribution in [2.75, 3.05) is 14.2 Å². The molecule has 0 spiro atoms. The molecule has 0 aliphatic carbocycles. The smallest absolute Gasteiger partial charge is 0.251 e. The van der Waals surface area contributed by atoms with Crippen LogP contribution in [0.5, 0.6) is 5.75 Å². The molecule has 0 heterocycles. The molecule has 94 valence electrons. The van der Waals surface area contributed by atoms with Gasteiger partial charge in [-0.15, -0.1) is 0 Å². The topological polar surface area (TPSA) is 76.4 Å². The fourth-order valence-electron chi connectivity index (χ4n) is 1.63. The monoisotopic (exact) mass is 237 g/mol. The Kier molecular flexibility index (Phi) is 4.93. The van der Waals surface area contributed by atoms with Crippen LogP contribution in [0.15, 0.2) is 18.2 Å². The van der Waals surface area contributed by atoms with Gasteiger partial charge in [0.25, 0.3) is 5.91 Å². The summed E-state index contributed by atoms with van der Waals surface area (Å²) in [4.78, 5) is 11.4. The highest BCUT2D eigenvalue weighted by atomic mass is 16.5. The number of nitrogens with two attached hydrogens (primary N) is 1. The van der Waals surface area contributed by atoms with Crippen LogP contribution in [0.3, 0.4) is 0 Å². The molecule has 0 aromatic heterocycles. The molecular formula is C12H19N3O2. The van der Waals surface area contributed by atoms with E-state index in [9.17, 15) is 4.79 Å². The van der Waals surface area contributed by atoms with Gasteiger partial charge in [-0.1, -0.05) is 12.1 Å². The minimum Gasteiger partial charge on any atom is -0.496 e. The van der Waals surface area contributed by atoms with Gasteiger partial charge in [-0.3, -0.25) is 10.2 Å². The number of carbonyl (C=O) groups excluding carboxylic acids is 1. The van der Waals surface area contributed by atoms with E-state index in [1.165, 1.54) is 0 Å². The molecule has 0 aliphatic heterocycles. The molecule has 1 aromatic rings. The zero-order valence-corrected chi connectivity index (χ0v) is 10.4. The van der Waals surface area contributed by atoms with Gasteiger partial charge in [0.05, 0.1) is 13.2 Å². The Morgan fingerprint density at radius 2 is 2.24 bits per heavy atom. The van der Waals surface area contributed by atoms with Gasteiger partial charge in [-0.25, -0.2) is 5.43 Å². The molecule has 0 saturated heterocycles. The maximum Gasteiger partial charge on any atom is 0.251 e. The number of hydrazine groups is 1. The van der Waals surface area contributed by atoms with Crippen molar-refractivity contribution in [1.82, 2.24) is 10.9 Å². The van der Waals surface area contributed by atoms with E-state index in [-0.39, 0.29) is 5.91 Å². The lowest BCUT2D eigenvalue weighted by atomic mass is 10.0. The molecule has 1 aromatic carbocycles. The van der Waals surface area contributed by atoms with E-state index < -0.39 is 6.04 Å². The first-order valence-corrected chi connectivity index (χ1v) is 5.44. The van der Waals surface area contributed by atoms with E-state index in [1.807, 2.05) is 25.1 Å². The third-order valence-electron chi connectivity index (χ3n) is 2.50. The highest BCUT2D eigenvalue weighted by molar-refractivity contribution is 5.81. The predicted molar refractivity (Wildman–Crippen MR) is 66.6 cm³/mol. The van der Waals surface area contributed by atoms with Crippen LogP contribution < -0.4 is 21.3 Å². The van der Waals surface area contributed by atoms with Crippen LogP contribution in [0.4, 0.5) is 0 Å². The Hall–Kier alpha value is -1.59. The number of amides is 1. The van der Waals surface area contributed by atoms with E-state index in [1.54, 1.807) is 14.2 Å². The molecule has 17 heavy (non-hydrogen) atoms. The summed E-state index contributed by atoms with van der Waals surface area (Å²) in [5.74, 6) is 0.614. The lowest BCUT2D eigenvalue weighted by molar-refractivity contribution is -0.123. The molecule has 0 bridgehead atoms. The van der Waals surface area contributed by atoms with Crippen molar-refractivity contribution < 1.29 is 9.53 Å². The number of carbonyl (C=O) groups is 1. The summed E-state index contributed by atoms with van der Waals surface area (Å²) in [6.07, 6.45) is 0.498. The van der Waals surface area contributed by atoms with Crippen LogP contribution in [0.2, 0.25) is 0 Å². The minimum atomic E-state index is -0.560. The molecule has 1 rings (SSSR count). The van der Waals surface area contributed by atoms with Gasteiger partial charge in [-0.05, 0) is 30.5 Å². The molecule has 4 N–H and O–H groups in total. The van der Waals surface area contributed by atoms with Gasteiger partial charge in [0.15, 0.2) is 0 Å². The number of ether oxygens (including phenoxy) is 1. The molecule has 0 saturated carbocycles. The molecule has 0 fully saturated rings. The predicted octanol–water partition coefficient (Wildman–Crippen LogP) is 0.124. The Morgan fingerprint density at radius 1 is 1.53 bits per heavy atom. The normalized spacial score (nSPS) is 12.0. The largest absolute Gasteiger partial charge is 0.496 e. The molecule has 1 amide bonds. The van der Waals surface area contributed by atoms with Crippen molar-refractivity contribution in [2.45, 2.75) is 19.4 Å². The fraction of sp³-hybridized carbons (Fsp3) is 0.417. The van der Waals surface area contributed by atoms with Crippen LogP contribution in [-0.2, 0) is 11.2 Å². The lowest BCUT2D eigenvalue weighted by Gasteiger charge is -2.12. The summed E-state index contributed by atoms with van der Waals surface area (Å²) in [5.41, 5.74) is 12.9.